The van der Waals surface area contributed by atoms with E-state index in [-0.39, 0.29) is 11.9 Å². The summed E-state index contributed by atoms with van der Waals surface area (Å²) < 4.78 is 0. The lowest BCUT2D eigenvalue weighted by atomic mass is 9.86. The molecular formula is C15H28N2O. The molecule has 0 aromatic carbocycles. The van der Waals surface area contributed by atoms with Gasteiger partial charge < -0.3 is 11.1 Å². The fourth-order valence-corrected chi connectivity index (χ4v) is 3.87. The van der Waals surface area contributed by atoms with E-state index in [1.165, 1.54) is 25.7 Å². The Morgan fingerprint density at radius 1 is 1.33 bits per heavy atom. The summed E-state index contributed by atoms with van der Waals surface area (Å²) in [6.07, 6.45) is 7.14. The third kappa shape index (κ3) is 3.71. The second-order valence-corrected chi connectivity index (χ2v) is 6.83. The van der Waals surface area contributed by atoms with E-state index in [4.69, 9.17) is 5.73 Å². The van der Waals surface area contributed by atoms with Crippen LogP contribution in [0.5, 0.6) is 0 Å². The molecule has 0 spiro atoms. The van der Waals surface area contributed by atoms with E-state index >= 15 is 0 Å². The molecule has 2 bridgehead atoms. The molecule has 2 aliphatic carbocycles. The van der Waals surface area contributed by atoms with Crippen LogP contribution < -0.4 is 11.1 Å². The number of nitrogens with two attached hydrogens (primary N) is 1. The van der Waals surface area contributed by atoms with Crippen molar-refractivity contribution in [3.05, 3.63) is 0 Å². The van der Waals surface area contributed by atoms with Crippen molar-refractivity contribution in [2.75, 3.05) is 6.54 Å². The molecule has 2 aliphatic rings. The molecule has 1 amide bonds. The quantitative estimate of drug-likeness (QED) is 0.762. The van der Waals surface area contributed by atoms with Gasteiger partial charge in [-0.3, -0.25) is 4.79 Å². The second-order valence-electron chi connectivity index (χ2n) is 6.83. The van der Waals surface area contributed by atoms with E-state index in [9.17, 15) is 4.79 Å². The molecule has 18 heavy (non-hydrogen) atoms. The number of carbonyl (C=O) groups is 1. The van der Waals surface area contributed by atoms with Gasteiger partial charge >= 0.3 is 0 Å². The van der Waals surface area contributed by atoms with Gasteiger partial charge in [0.2, 0.25) is 5.91 Å². The SMILES string of the molecule is CC(C)CC(N)CNC(=O)CC1CC2CCC1C2. The maximum atomic E-state index is 11.9. The number of rotatable bonds is 6. The Morgan fingerprint density at radius 2 is 2.11 bits per heavy atom. The molecular weight excluding hydrogens is 224 g/mol. The number of fused-ring (bicyclic) bond motifs is 2. The Hall–Kier alpha value is -0.570. The van der Waals surface area contributed by atoms with Gasteiger partial charge in [0.1, 0.15) is 0 Å². The summed E-state index contributed by atoms with van der Waals surface area (Å²) in [7, 11) is 0. The maximum Gasteiger partial charge on any atom is 0.220 e. The zero-order valence-electron chi connectivity index (χ0n) is 11.8. The number of hydrogen-bond donors (Lipinski definition) is 2. The van der Waals surface area contributed by atoms with Crippen molar-refractivity contribution in [2.45, 2.75) is 58.4 Å². The van der Waals surface area contributed by atoms with Crippen molar-refractivity contribution in [1.82, 2.24) is 5.32 Å². The van der Waals surface area contributed by atoms with Crippen LogP contribution in [0.25, 0.3) is 0 Å². The van der Waals surface area contributed by atoms with Crippen molar-refractivity contribution >= 4 is 5.91 Å². The first-order valence-corrected chi connectivity index (χ1v) is 7.57. The van der Waals surface area contributed by atoms with Crippen LogP contribution in [0.3, 0.4) is 0 Å². The normalized spacial score (nSPS) is 31.9. The van der Waals surface area contributed by atoms with Gasteiger partial charge in [0.15, 0.2) is 0 Å². The van der Waals surface area contributed by atoms with Crippen LogP contribution in [0.15, 0.2) is 0 Å². The first kappa shape index (κ1) is 13.9. The highest BCUT2D eigenvalue weighted by Gasteiger charge is 2.39. The summed E-state index contributed by atoms with van der Waals surface area (Å²) in [5.41, 5.74) is 5.98. The van der Waals surface area contributed by atoms with Gasteiger partial charge in [-0.2, -0.15) is 0 Å². The predicted octanol–water partition coefficient (Wildman–Crippen LogP) is 2.30. The van der Waals surface area contributed by atoms with E-state index in [2.05, 4.69) is 19.2 Å². The van der Waals surface area contributed by atoms with Crippen molar-refractivity contribution in [3.63, 3.8) is 0 Å². The minimum absolute atomic E-state index is 0.106. The van der Waals surface area contributed by atoms with Crippen LogP contribution in [-0.2, 0) is 4.79 Å². The van der Waals surface area contributed by atoms with Gasteiger partial charge in [-0.1, -0.05) is 20.3 Å². The van der Waals surface area contributed by atoms with Crippen molar-refractivity contribution in [3.8, 4) is 0 Å². The van der Waals surface area contributed by atoms with Gasteiger partial charge in [0.25, 0.3) is 0 Å². The van der Waals surface area contributed by atoms with Gasteiger partial charge in [-0.05, 0) is 49.4 Å². The van der Waals surface area contributed by atoms with Crippen molar-refractivity contribution in [1.29, 1.82) is 0 Å². The van der Waals surface area contributed by atoms with E-state index < -0.39 is 0 Å². The van der Waals surface area contributed by atoms with Crippen LogP contribution in [0.2, 0.25) is 0 Å². The first-order chi connectivity index (χ1) is 8.54. The molecule has 0 saturated heterocycles. The molecule has 4 unspecified atom stereocenters. The molecule has 2 rings (SSSR count). The lowest BCUT2D eigenvalue weighted by molar-refractivity contribution is -0.122. The van der Waals surface area contributed by atoms with Crippen molar-refractivity contribution < 1.29 is 4.79 Å². The van der Waals surface area contributed by atoms with Gasteiger partial charge in [0, 0.05) is 19.0 Å². The number of nitrogens with one attached hydrogen (secondary N) is 1. The summed E-state index contributed by atoms with van der Waals surface area (Å²) in [6, 6.07) is 0.106. The Kier molecular flexibility index (Phi) is 4.66. The smallest absolute Gasteiger partial charge is 0.220 e. The molecule has 2 fully saturated rings. The summed E-state index contributed by atoms with van der Waals surface area (Å²) in [4.78, 5) is 11.9. The number of hydrogen-bond acceptors (Lipinski definition) is 2. The molecule has 2 saturated carbocycles. The molecule has 3 N–H and O–H groups in total. The van der Waals surface area contributed by atoms with Gasteiger partial charge in [0.05, 0.1) is 0 Å². The summed E-state index contributed by atoms with van der Waals surface area (Å²) in [6.45, 7) is 4.96. The third-order valence-corrected chi connectivity index (χ3v) is 4.67. The van der Waals surface area contributed by atoms with Crippen LogP contribution in [0.1, 0.15) is 52.4 Å². The second kappa shape index (κ2) is 6.05. The highest BCUT2D eigenvalue weighted by atomic mass is 16.1. The lowest BCUT2D eigenvalue weighted by Crippen LogP contribution is -2.38. The third-order valence-electron chi connectivity index (χ3n) is 4.67. The van der Waals surface area contributed by atoms with Crippen LogP contribution in [0, 0.1) is 23.7 Å². The van der Waals surface area contributed by atoms with Crippen LogP contribution >= 0.6 is 0 Å². The molecule has 0 heterocycles. The highest BCUT2D eigenvalue weighted by molar-refractivity contribution is 5.76. The van der Waals surface area contributed by atoms with E-state index in [0.29, 0.717) is 18.4 Å². The number of amides is 1. The summed E-state index contributed by atoms with van der Waals surface area (Å²) in [5.74, 6) is 3.24. The zero-order valence-corrected chi connectivity index (χ0v) is 11.8. The summed E-state index contributed by atoms with van der Waals surface area (Å²) in [5, 5.41) is 3.01. The molecule has 4 atom stereocenters. The van der Waals surface area contributed by atoms with Crippen LogP contribution in [0.4, 0.5) is 0 Å². The highest BCUT2D eigenvalue weighted by Crippen LogP contribution is 2.49. The zero-order chi connectivity index (χ0) is 13.1. The maximum absolute atomic E-state index is 11.9. The Balaban J connectivity index is 1.63. The molecule has 104 valence electrons. The average molecular weight is 252 g/mol. The largest absolute Gasteiger partial charge is 0.355 e. The van der Waals surface area contributed by atoms with Gasteiger partial charge in [-0.15, -0.1) is 0 Å². The van der Waals surface area contributed by atoms with Crippen molar-refractivity contribution in [2.24, 2.45) is 29.4 Å². The molecule has 0 aliphatic heterocycles. The minimum Gasteiger partial charge on any atom is -0.355 e. The van der Waals surface area contributed by atoms with E-state index in [0.717, 1.165) is 24.7 Å². The monoisotopic (exact) mass is 252 g/mol. The van der Waals surface area contributed by atoms with E-state index in [1.54, 1.807) is 0 Å². The topological polar surface area (TPSA) is 55.1 Å². The molecule has 0 aromatic rings. The standard InChI is InChI=1S/C15H28N2O/c1-10(2)5-14(16)9-17-15(18)8-13-7-11-3-4-12(13)6-11/h10-14H,3-9,16H2,1-2H3,(H,17,18). The molecule has 3 nitrogen and oxygen atoms in total. The van der Waals surface area contributed by atoms with E-state index in [1.807, 2.05) is 0 Å². The van der Waals surface area contributed by atoms with Gasteiger partial charge in [-0.25, -0.2) is 0 Å². The fourth-order valence-electron chi connectivity index (χ4n) is 3.87. The number of carbonyl (C=O) groups excluding carboxylic acids is 1. The Morgan fingerprint density at radius 3 is 2.67 bits per heavy atom. The Labute approximate surface area is 111 Å². The lowest BCUT2D eigenvalue weighted by Gasteiger charge is -2.21. The average Bonchev–Trinajstić information content (AvgIpc) is 2.87. The first-order valence-electron chi connectivity index (χ1n) is 7.57. The fraction of sp³-hybridized carbons (Fsp3) is 0.933. The molecule has 0 aromatic heterocycles. The predicted molar refractivity (Wildman–Crippen MR) is 74.0 cm³/mol. The molecule has 3 heteroatoms. The minimum atomic E-state index is 0.106. The Bertz CT molecular complexity index is 290. The summed E-state index contributed by atoms with van der Waals surface area (Å²) >= 11 is 0. The molecule has 0 radical (unpaired) electrons. The van der Waals surface area contributed by atoms with Crippen LogP contribution in [-0.4, -0.2) is 18.5 Å².